The summed E-state index contributed by atoms with van der Waals surface area (Å²) in [5.41, 5.74) is 3.91. The van der Waals surface area contributed by atoms with Crippen LogP contribution in [-0.2, 0) is 29.2 Å². The van der Waals surface area contributed by atoms with Crippen molar-refractivity contribution in [3.8, 4) is 0 Å². The number of imidazole rings is 1. The average molecular weight is 814 g/mol. The summed E-state index contributed by atoms with van der Waals surface area (Å²) in [7, 11) is 9.26. The van der Waals surface area contributed by atoms with E-state index in [2.05, 4.69) is 133 Å². The molecule has 0 radical (unpaired) electrons. The van der Waals surface area contributed by atoms with Crippen LogP contribution in [0.2, 0.25) is 10.3 Å². The van der Waals surface area contributed by atoms with Crippen LogP contribution < -0.4 is 11.2 Å². The second-order valence-electron chi connectivity index (χ2n) is 14.6. The lowest BCUT2D eigenvalue weighted by Crippen LogP contribution is -2.36. The molecule has 2 aromatic heterocycles. The first-order valence-electron chi connectivity index (χ1n) is 19.2. The minimum atomic E-state index is -0.455. The summed E-state index contributed by atoms with van der Waals surface area (Å²) in [5, 5.41) is 0.847. The molecule has 7 rings (SSSR count). The number of likely N-dealkylation sites (tertiary alicyclic amines) is 1. The molecule has 12 heteroatoms. The number of nitrogens with zero attached hydrogens (tertiary/aromatic N) is 5. The minimum Gasteiger partial charge on any atom is -0.367 e. The molecule has 1 saturated heterocycles. The van der Waals surface area contributed by atoms with Gasteiger partial charge in [0.1, 0.15) is 11.7 Å². The minimum absolute atomic E-state index is 0.0161. The zero-order valence-electron chi connectivity index (χ0n) is 33.7. The normalized spacial score (nSPS) is 15.2. The van der Waals surface area contributed by atoms with Crippen molar-refractivity contribution in [3.63, 3.8) is 0 Å². The van der Waals surface area contributed by atoms with Gasteiger partial charge in [-0.3, -0.25) is 13.9 Å². The summed E-state index contributed by atoms with van der Waals surface area (Å²) in [4.78, 5) is 34.0. The number of halogens is 2. The Kier molecular flexibility index (Phi) is 15.9. The van der Waals surface area contributed by atoms with Gasteiger partial charge >= 0.3 is 5.69 Å². The smallest absolute Gasteiger partial charge is 0.332 e. The molecule has 6 aromatic rings. The van der Waals surface area contributed by atoms with Crippen molar-refractivity contribution in [3.05, 3.63) is 169 Å². The summed E-state index contributed by atoms with van der Waals surface area (Å²) in [6.45, 7) is 5.77. The second kappa shape index (κ2) is 20.7. The highest BCUT2D eigenvalue weighted by molar-refractivity contribution is 6.30. The lowest BCUT2D eigenvalue weighted by Gasteiger charge is -2.32. The predicted octanol–water partition coefficient (Wildman–Crippen LogP) is 8.07. The Morgan fingerprint density at radius 3 is 1.91 bits per heavy atom. The van der Waals surface area contributed by atoms with E-state index in [0.717, 1.165) is 41.3 Å². The molecule has 0 bridgehead atoms. The van der Waals surface area contributed by atoms with Crippen LogP contribution in [0, 0.1) is 0 Å². The van der Waals surface area contributed by atoms with Crippen molar-refractivity contribution in [2.45, 2.75) is 43.9 Å². The van der Waals surface area contributed by atoms with E-state index in [1.807, 2.05) is 30.3 Å². The van der Waals surface area contributed by atoms with Crippen LogP contribution in [0.1, 0.15) is 54.5 Å². The van der Waals surface area contributed by atoms with E-state index in [-0.39, 0.29) is 22.6 Å². The largest absolute Gasteiger partial charge is 0.367 e. The van der Waals surface area contributed by atoms with Crippen molar-refractivity contribution >= 4 is 34.4 Å². The van der Waals surface area contributed by atoms with Gasteiger partial charge in [-0.25, -0.2) is 4.79 Å². The molecule has 0 saturated carbocycles. The Hall–Kier alpha value is -4.55. The van der Waals surface area contributed by atoms with E-state index >= 15 is 0 Å². The van der Waals surface area contributed by atoms with Gasteiger partial charge in [-0.1, -0.05) is 115 Å². The van der Waals surface area contributed by atoms with Gasteiger partial charge < -0.3 is 24.3 Å². The number of benzene rings is 4. The maximum Gasteiger partial charge on any atom is 0.332 e. The molecule has 0 amide bonds. The van der Waals surface area contributed by atoms with Crippen LogP contribution in [0.25, 0.3) is 11.2 Å². The van der Waals surface area contributed by atoms with Gasteiger partial charge in [0.05, 0.1) is 6.61 Å². The molecule has 0 spiro atoms. The number of rotatable bonds is 12. The number of H-pyrrole nitrogens is 1. The number of aromatic nitrogens is 4. The number of hydrogen-bond acceptors (Lipinski definition) is 7. The molecule has 0 aliphatic carbocycles. The maximum atomic E-state index is 11.5. The Labute approximate surface area is 345 Å². The zero-order valence-corrected chi connectivity index (χ0v) is 35.2. The third kappa shape index (κ3) is 11.5. The first-order valence-corrected chi connectivity index (χ1v) is 20.0. The maximum absolute atomic E-state index is 11.5. The first kappa shape index (κ1) is 43.6. The Bertz CT molecular complexity index is 2210. The molecule has 2 atom stereocenters. The summed E-state index contributed by atoms with van der Waals surface area (Å²) >= 11 is 11.7. The van der Waals surface area contributed by atoms with Gasteiger partial charge in [-0.05, 0) is 99.9 Å². The second-order valence-corrected chi connectivity index (χ2v) is 15.4. The lowest BCUT2D eigenvalue weighted by molar-refractivity contribution is -0.0117. The summed E-state index contributed by atoms with van der Waals surface area (Å²) in [6, 6.07) is 39.9. The summed E-state index contributed by atoms with van der Waals surface area (Å²) in [5.74, 6) is 0. The fraction of sp³-hybridized carbons (Fsp3) is 0.356. The number of fused-ring (bicyclic) bond motifs is 1. The van der Waals surface area contributed by atoms with Gasteiger partial charge in [0, 0.05) is 38.3 Å². The molecule has 1 fully saturated rings. The van der Waals surface area contributed by atoms with Gasteiger partial charge in [-0.2, -0.15) is 4.98 Å². The van der Waals surface area contributed by atoms with E-state index in [9.17, 15) is 9.59 Å². The molecule has 4 aromatic carbocycles. The molecule has 1 aliphatic rings. The highest BCUT2D eigenvalue weighted by Gasteiger charge is 2.31. The van der Waals surface area contributed by atoms with Crippen LogP contribution in [0.15, 0.2) is 125 Å². The quantitative estimate of drug-likeness (QED) is 0.125. The van der Waals surface area contributed by atoms with Crippen LogP contribution in [-0.4, -0.2) is 82.4 Å². The van der Waals surface area contributed by atoms with Crippen molar-refractivity contribution in [1.82, 2.24) is 28.9 Å². The third-order valence-electron chi connectivity index (χ3n) is 10.3. The van der Waals surface area contributed by atoms with Gasteiger partial charge in [-0.15, -0.1) is 0 Å². The molecule has 10 nitrogen and oxygen atoms in total. The number of aryl methyl sites for hydroxylation is 1. The molecule has 0 unspecified atom stereocenters. The Balaban J connectivity index is 0.000000169. The van der Waals surface area contributed by atoms with Gasteiger partial charge in [0.15, 0.2) is 11.2 Å². The number of aromatic amines is 1. The number of likely N-dealkylation sites (N-methyl/N-ethyl adjacent to an activating group) is 1. The highest BCUT2D eigenvalue weighted by Crippen LogP contribution is 2.34. The molecule has 3 heterocycles. The van der Waals surface area contributed by atoms with E-state index in [1.165, 1.54) is 54.7 Å². The SMILES string of the molecule is CN(C)CCOC(c1ccccc1)c1ccccc1.CN1CCC[C@@H]1CCO[C@](C)(c1ccccc1)c1ccc(Cl)cc1.Cn1c(=O)c2[nH]c(Cl)nc2n(C)c1=O. The standard InChI is InChI=1S/C21H26ClNO.C17H21NO.C7H7ClN4O2/c1-21(17-7-4-3-5-8-17,18-10-12-19(22)13-11-18)24-16-14-20-9-6-15-23(20)2;1-18(2)13-14-19-17(15-9-5-3-6-10-15)16-11-7-4-8-12-16;1-11-4-3(9-6(8)10-4)5(13)12(2)7(11)14/h3-5,7-8,10-13,20H,6,9,14-16H2,1-2H3;3-12,17H,13-14H2,1-2H3;1-2H3,(H,9,10)/t20-,21-;;/m1../s1. The fourth-order valence-corrected chi connectivity index (χ4v) is 7.19. The number of nitrogens with one attached hydrogen (secondary N) is 1. The molecule has 1 N–H and O–H groups in total. The fourth-order valence-electron chi connectivity index (χ4n) is 6.89. The molecular formula is C45H54Cl2N6O4. The summed E-state index contributed by atoms with van der Waals surface area (Å²) < 4.78 is 14.8. The van der Waals surface area contributed by atoms with Crippen molar-refractivity contribution in [1.29, 1.82) is 0 Å². The molecule has 1 aliphatic heterocycles. The van der Waals surface area contributed by atoms with E-state index in [0.29, 0.717) is 6.04 Å². The van der Waals surface area contributed by atoms with Crippen LogP contribution >= 0.6 is 23.2 Å². The molecule has 302 valence electrons. The van der Waals surface area contributed by atoms with E-state index in [4.69, 9.17) is 32.7 Å². The molecule has 57 heavy (non-hydrogen) atoms. The van der Waals surface area contributed by atoms with Crippen molar-refractivity contribution < 1.29 is 9.47 Å². The number of ether oxygens (including phenoxy) is 2. The van der Waals surface area contributed by atoms with Crippen LogP contribution in [0.5, 0.6) is 0 Å². The zero-order chi connectivity index (χ0) is 41.0. The van der Waals surface area contributed by atoms with Gasteiger partial charge in [0.25, 0.3) is 5.56 Å². The number of hydrogen-bond donors (Lipinski definition) is 1. The Morgan fingerprint density at radius 1 is 0.807 bits per heavy atom. The summed E-state index contributed by atoms with van der Waals surface area (Å²) in [6.07, 6.45) is 3.67. The topological polar surface area (TPSA) is 97.6 Å². The van der Waals surface area contributed by atoms with Crippen LogP contribution in [0.4, 0.5) is 0 Å². The van der Waals surface area contributed by atoms with Crippen LogP contribution in [0.3, 0.4) is 0 Å². The monoisotopic (exact) mass is 812 g/mol. The Morgan fingerprint density at radius 2 is 1.37 bits per heavy atom. The predicted molar refractivity (Wildman–Crippen MR) is 231 cm³/mol. The van der Waals surface area contributed by atoms with E-state index in [1.54, 1.807) is 0 Å². The third-order valence-corrected chi connectivity index (χ3v) is 10.8. The van der Waals surface area contributed by atoms with E-state index < -0.39 is 16.9 Å². The van der Waals surface area contributed by atoms with Crippen molar-refractivity contribution in [2.24, 2.45) is 14.1 Å². The van der Waals surface area contributed by atoms with Crippen molar-refractivity contribution in [2.75, 3.05) is 47.4 Å². The average Bonchev–Trinajstić information content (AvgIpc) is 3.84. The highest BCUT2D eigenvalue weighted by atomic mass is 35.5. The molecular weight excluding hydrogens is 759 g/mol. The lowest BCUT2D eigenvalue weighted by atomic mass is 9.88. The van der Waals surface area contributed by atoms with Gasteiger partial charge in [0.2, 0.25) is 5.28 Å². The first-order chi connectivity index (χ1) is 27.4.